The van der Waals surface area contributed by atoms with Crippen LogP contribution in [0.5, 0.6) is 0 Å². The van der Waals surface area contributed by atoms with Crippen LogP contribution in [0.2, 0.25) is 0 Å². The number of hydrogen-bond donors (Lipinski definition) is 1. The van der Waals surface area contributed by atoms with E-state index in [4.69, 9.17) is 10.2 Å². The van der Waals surface area contributed by atoms with Gasteiger partial charge in [0.05, 0.1) is 6.20 Å². The fraction of sp³-hybridized carbons (Fsp3) is 0. The van der Waals surface area contributed by atoms with Gasteiger partial charge in [0.15, 0.2) is 5.76 Å². The van der Waals surface area contributed by atoms with Crippen molar-refractivity contribution in [2.24, 2.45) is 0 Å². The summed E-state index contributed by atoms with van der Waals surface area (Å²) in [6.07, 6.45) is 1.64. The van der Waals surface area contributed by atoms with Crippen molar-refractivity contribution in [1.29, 1.82) is 0 Å². The summed E-state index contributed by atoms with van der Waals surface area (Å²) in [6.45, 7) is 0. The van der Waals surface area contributed by atoms with Crippen molar-refractivity contribution in [3.05, 3.63) is 47.1 Å². The molecule has 0 atom stereocenters. The summed E-state index contributed by atoms with van der Waals surface area (Å²) in [5.74, 6) is 0.686. The number of fused-ring (bicyclic) bond motifs is 1. The number of nitrogens with zero attached hydrogens (tertiary/aromatic N) is 1. The Morgan fingerprint density at radius 1 is 1.18 bits per heavy atom. The predicted octanol–water partition coefficient (Wildman–Crippen LogP) is 3.84. The molecule has 0 amide bonds. The van der Waals surface area contributed by atoms with E-state index < -0.39 is 0 Å². The van der Waals surface area contributed by atoms with Gasteiger partial charge in [0.25, 0.3) is 6.01 Å². The molecule has 0 aliphatic carbocycles. The molecule has 84 valence electrons. The van der Waals surface area contributed by atoms with Gasteiger partial charge in [-0.15, -0.1) is 0 Å². The van der Waals surface area contributed by atoms with Crippen LogP contribution >= 0.6 is 15.9 Å². The standard InChI is InChI=1S/C13H9BrN2O/c14-9-5-4-8-2-1-3-10(11(8)6-9)12-7-16-13(15)17-12/h1-7H,(H2,15,16). The van der Waals surface area contributed by atoms with E-state index in [1.54, 1.807) is 6.20 Å². The summed E-state index contributed by atoms with van der Waals surface area (Å²) in [5, 5.41) is 2.26. The lowest BCUT2D eigenvalue weighted by Crippen LogP contribution is -1.81. The first kappa shape index (κ1) is 10.4. The normalized spacial score (nSPS) is 10.9. The van der Waals surface area contributed by atoms with Gasteiger partial charge in [0.1, 0.15) is 0 Å². The Morgan fingerprint density at radius 3 is 2.82 bits per heavy atom. The van der Waals surface area contributed by atoms with Crippen LogP contribution in [0.1, 0.15) is 0 Å². The Hall–Kier alpha value is -1.81. The largest absolute Gasteiger partial charge is 0.424 e. The van der Waals surface area contributed by atoms with Crippen LogP contribution in [0.4, 0.5) is 6.01 Å². The summed E-state index contributed by atoms with van der Waals surface area (Å²) in [5.41, 5.74) is 6.50. The third-order valence-electron chi connectivity index (χ3n) is 2.63. The molecular formula is C13H9BrN2O. The number of oxazole rings is 1. The highest BCUT2D eigenvalue weighted by molar-refractivity contribution is 9.10. The van der Waals surface area contributed by atoms with Gasteiger partial charge in [0.2, 0.25) is 0 Å². The van der Waals surface area contributed by atoms with Crippen molar-refractivity contribution in [3.8, 4) is 11.3 Å². The van der Waals surface area contributed by atoms with Crippen molar-refractivity contribution in [2.45, 2.75) is 0 Å². The second-order valence-corrected chi connectivity index (χ2v) is 4.65. The first-order valence-corrected chi connectivity index (χ1v) is 5.93. The molecule has 0 fully saturated rings. The van der Waals surface area contributed by atoms with Gasteiger partial charge in [-0.2, -0.15) is 0 Å². The zero-order chi connectivity index (χ0) is 11.8. The number of hydrogen-bond acceptors (Lipinski definition) is 3. The third-order valence-corrected chi connectivity index (χ3v) is 3.13. The molecule has 2 aromatic carbocycles. The molecule has 0 bridgehead atoms. The van der Waals surface area contributed by atoms with Gasteiger partial charge >= 0.3 is 0 Å². The molecule has 0 aliphatic heterocycles. The average Bonchev–Trinajstić information content (AvgIpc) is 2.75. The zero-order valence-corrected chi connectivity index (χ0v) is 10.4. The minimum Gasteiger partial charge on any atom is -0.424 e. The lowest BCUT2D eigenvalue weighted by molar-refractivity contribution is 0.595. The Bertz CT molecular complexity index is 691. The SMILES string of the molecule is Nc1ncc(-c2cccc3ccc(Br)cc23)o1. The molecule has 0 unspecified atom stereocenters. The van der Waals surface area contributed by atoms with Gasteiger partial charge in [-0.1, -0.05) is 40.2 Å². The van der Waals surface area contributed by atoms with E-state index >= 15 is 0 Å². The maximum Gasteiger partial charge on any atom is 0.292 e. The van der Waals surface area contributed by atoms with Gasteiger partial charge in [0, 0.05) is 10.0 Å². The number of halogens is 1. The number of nitrogen functional groups attached to an aromatic ring is 1. The van der Waals surface area contributed by atoms with Gasteiger partial charge in [-0.3, -0.25) is 0 Å². The molecule has 0 saturated heterocycles. The molecule has 2 N–H and O–H groups in total. The maximum absolute atomic E-state index is 5.50. The van der Waals surface area contributed by atoms with Crippen molar-refractivity contribution < 1.29 is 4.42 Å². The van der Waals surface area contributed by atoms with Gasteiger partial charge in [-0.05, 0) is 22.9 Å². The summed E-state index contributed by atoms with van der Waals surface area (Å²) in [7, 11) is 0. The molecule has 0 saturated carbocycles. The van der Waals surface area contributed by atoms with Gasteiger partial charge < -0.3 is 10.2 Å². The molecule has 17 heavy (non-hydrogen) atoms. The number of nitrogens with two attached hydrogens (primary N) is 1. The molecule has 4 heteroatoms. The lowest BCUT2D eigenvalue weighted by Gasteiger charge is -2.03. The highest BCUT2D eigenvalue weighted by Crippen LogP contribution is 2.31. The van der Waals surface area contributed by atoms with Crippen molar-refractivity contribution in [2.75, 3.05) is 5.73 Å². The molecule has 3 rings (SSSR count). The molecule has 0 radical (unpaired) electrons. The molecule has 1 heterocycles. The summed E-state index contributed by atoms with van der Waals surface area (Å²) in [4.78, 5) is 3.92. The minimum absolute atomic E-state index is 0.187. The topological polar surface area (TPSA) is 52.0 Å². The van der Waals surface area contributed by atoms with Gasteiger partial charge in [-0.25, -0.2) is 4.98 Å². The Morgan fingerprint density at radius 2 is 2.06 bits per heavy atom. The number of rotatable bonds is 1. The highest BCUT2D eigenvalue weighted by Gasteiger charge is 2.08. The molecular weight excluding hydrogens is 280 g/mol. The van der Waals surface area contributed by atoms with E-state index in [1.165, 1.54) is 0 Å². The minimum atomic E-state index is 0.187. The number of anilines is 1. The molecule has 3 nitrogen and oxygen atoms in total. The van der Waals surface area contributed by atoms with E-state index in [-0.39, 0.29) is 6.01 Å². The first-order valence-electron chi connectivity index (χ1n) is 5.14. The monoisotopic (exact) mass is 288 g/mol. The van der Waals surface area contributed by atoms with Crippen molar-refractivity contribution in [1.82, 2.24) is 4.98 Å². The Kier molecular flexibility index (Phi) is 2.37. The second-order valence-electron chi connectivity index (χ2n) is 3.73. The molecule has 0 aliphatic rings. The van der Waals surface area contributed by atoms with Crippen LogP contribution in [0.3, 0.4) is 0 Å². The quantitative estimate of drug-likeness (QED) is 0.740. The Balaban J connectivity index is 2.32. The van der Waals surface area contributed by atoms with E-state index in [1.807, 2.05) is 18.2 Å². The second kappa shape index (κ2) is 3.89. The van der Waals surface area contributed by atoms with E-state index in [2.05, 4.69) is 39.1 Å². The molecule has 1 aromatic heterocycles. The maximum atomic E-state index is 5.50. The predicted molar refractivity (Wildman–Crippen MR) is 71.6 cm³/mol. The van der Waals surface area contributed by atoms with Crippen LogP contribution in [0.15, 0.2) is 51.5 Å². The van der Waals surface area contributed by atoms with Crippen LogP contribution in [-0.4, -0.2) is 4.98 Å². The van der Waals surface area contributed by atoms with Crippen molar-refractivity contribution >= 4 is 32.7 Å². The van der Waals surface area contributed by atoms with Crippen molar-refractivity contribution in [3.63, 3.8) is 0 Å². The summed E-state index contributed by atoms with van der Waals surface area (Å²) in [6, 6.07) is 12.4. The molecule has 3 aromatic rings. The molecule has 0 spiro atoms. The number of aromatic nitrogens is 1. The third kappa shape index (κ3) is 1.80. The zero-order valence-electron chi connectivity index (χ0n) is 8.85. The number of benzene rings is 2. The van der Waals surface area contributed by atoms with Crippen LogP contribution in [0, 0.1) is 0 Å². The van der Waals surface area contributed by atoms with Crippen LogP contribution in [-0.2, 0) is 0 Å². The van der Waals surface area contributed by atoms with E-state index in [9.17, 15) is 0 Å². The van der Waals surface area contributed by atoms with Crippen LogP contribution in [0.25, 0.3) is 22.1 Å². The highest BCUT2D eigenvalue weighted by atomic mass is 79.9. The van der Waals surface area contributed by atoms with E-state index in [0.29, 0.717) is 5.76 Å². The lowest BCUT2D eigenvalue weighted by atomic mass is 10.0. The first-order chi connectivity index (χ1) is 8.24. The Labute approximate surface area is 106 Å². The summed E-state index contributed by atoms with van der Waals surface area (Å²) < 4.78 is 6.40. The fourth-order valence-electron chi connectivity index (χ4n) is 1.87. The van der Waals surface area contributed by atoms with Crippen LogP contribution < -0.4 is 5.73 Å². The fourth-order valence-corrected chi connectivity index (χ4v) is 2.23. The average molecular weight is 289 g/mol. The smallest absolute Gasteiger partial charge is 0.292 e. The summed E-state index contributed by atoms with van der Waals surface area (Å²) >= 11 is 3.47. The van der Waals surface area contributed by atoms with E-state index in [0.717, 1.165) is 20.8 Å².